The van der Waals surface area contributed by atoms with Crippen molar-refractivity contribution in [3.8, 4) is 0 Å². The molecule has 0 saturated carbocycles. The molecule has 0 bridgehead atoms. The van der Waals surface area contributed by atoms with Gasteiger partial charge in [-0.05, 0) is 30.5 Å². The predicted octanol–water partition coefficient (Wildman–Crippen LogP) is 2.37. The number of hydrogen-bond donors (Lipinski definition) is 0. The number of pyridine rings is 1. The molecule has 1 aliphatic rings. The van der Waals surface area contributed by atoms with Crippen molar-refractivity contribution in [3.05, 3.63) is 29.6 Å². The molecule has 0 spiro atoms. The Labute approximate surface area is 121 Å². The zero-order valence-electron chi connectivity index (χ0n) is 12.8. The molecule has 1 fully saturated rings. The van der Waals surface area contributed by atoms with Crippen molar-refractivity contribution in [3.63, 3.8) is 0 Å². The lowest BCUT2D eigenvalue weighted by Gasteiger charge is -2.34. The summed E-state index contributed by atoms with van der Waals surface area (Å²) in [6.45, 7) is 11.2. The summed E-state index contributed by atoms with van der Waals surface area (Å²) in [6, 6.07) is 1.98. The summed E-state index contributed by atoms with van der Waals surface area (Å²) in [7, 11) is 0. The van der Waals surface area contributed by atoms with E-state index in [4.69, 9.17) is 0 Å². The Hall–Kier alpha value is -1.42. The molecule has 0 unspecified atom stereocenters. The van der Waals surface area contributed by atoms with Crippen LogP contribution in [0.1, 0.15) is 49.0 Å². The van der Waals surface area contributed by atoms with Crippen LogP contribution in [0.2, 0.25) is 0 Å². The maximum Gasteiger partial charge on any atom is 0.255 e. The second-order valence-corrected chi connectivity index (χ2v) is 5.80. The summed E-state index contributed by atoms with van der Waals surface area (Å²) in [5, 5.41) is 0. The zero-order valence-corrected chi connectivity index (χ0v) is 12.8. The first kappa shape index (κ1) is 15.0. The third kappa shape index (κ3) is 3.57. The molecule has 2 heterocycles. The molecule has 110 valence electrons. The average molecular weight is 275 g/mol. The number of aromatic nitrogens is 1. The van der Waals surface area contributed by atoms with E-state index >= 15 is 0 Å². The predicted molar refractivity (Wildman–Crippen MR) is 81.0 cm³/mol. The van der Waals surface area contributed by atoms with Crippen LogP contribution in [0.5, 0.6) is 0 Å². The average Bonchev–Trinajstić information content (AvgIpc) is 2.48. The van der Waals surface area contributed by atoms with Gasteiger partial charge in [0.15, 0.2) is 0 Å². The minimum Gasteiger partial charge on any atom is -0.336 e. The van der Waals surface area contributed by atoms with Crippen LogP contribution in [0.3, 0.4) is 0 Å². The van der Waals surface area contributed by atoms with E-state index in [-0.39, 0.29) is 5.91 Å². The number of carbonyl (C=O) groups is 1. The Morgan fingerprint density at radius 1 is 1.25 bits per heavy atom. The van der Waals surface area contributed by atoms with Gasteiger partial charge in [-0.1, -0.05) is 20.8 Å². The van der Waals surface area contributed by atoms with E-state index in [1.54, 1.807) is 6.20 Å². The molecule has 20 heavy (non-hydrogen) atoms. The van der Waals surface area contributed by atoms with Gasteiger partial charge in [0.2, 0.25) is 0 Å². The standard InChI is InChI=1S/C16H25N3O/c1-4-5-18-6-8-19(9-7-18)16(20)15-10-14(13(2)3)11-17-12-15/h10-13H,4-9H2,1-3H3. The van der Waals surface area contributed by atoms with Crippen molar-refractivity contribution in [1.82, 2.24) is 14.8 Å². The molecule has 4 nitrogen and oxygen atoms in total. The molecule has 0 aliphatic carbocycles. The SMILES string of the molecule is CCCN1CCN(C(=O)c2cncc(C(C)C)c2)CC1. The molecule has 0 N–H and O–H groups in total. The Morgan fingerprint density at radius 3 is 2.55 bits per heavy atom. The fourth-order valence-corrected chi connectivity index (χ4v) is 2.56. The van der Waals surface area contributed by atoms with Gasteiger partial charge >= 0.3 is 0 Å². The second-order valence-electron chi connectivity index (χ2n) is 5.80. The van der Waals surface area contributed by atoms with Gasteiger partial charge in [-0.3, -0.25) is 14.7 Å². The van der Waals surface area contributed by atoms with Crippen LogP contribution in [-0.2, 0) is 0 Å². The van der Waals surface area contributed by atoms with Gasteiger partial charge in [0.25, 0.3) is 5.91 Å². The summed E-state index contributed by atoms with van der Waals surface area (Å²) in [6.07, 6.45) is 4.71. The fraction of sp³-hybridized carbons (Fsp3) is 0.625. The summed E-state index contributed by atoms with van der Waals surface area (Å²) in [5.74, 6) is 0.521. The fourth-order valence-electron chi connectivity index (χ4n) is 2.56. The van der Waals surface area contributed by atoms with Crippen molar-refractivity contribution >= 4 is 5.91 Å². The van der Waals surface area contributed by atoms with Gasteiger partial charge in [0, 0.05) is 38.6 Å². The van der Waals surface area contributed by atoms with Crippen LogP contribution >= 0.6 is 0 Å². The highest BCUT2D eigenvalue weighted by Crippen LogP contribution is 2.16. The van der Waals surface area contributed by atoms with E-state index in [9.17, 15) is 4.79 Å². The molecule has 1 saturated heterocycles. The highest BCUT2D eigenvalue weighted by molar-refractivity contribution is 5.94. The number of piperazine rings is 1. The molecule has 0 atom stereocenters. The lowest BCUT2D eigenvalue weighted by molar-refractivity contribution is 0.0637. The van der Waals surface area contributed by atoms with Gasteiger partial charge in [-0.2, -0.15) is 0 Å². The molecule has 1 aromatic rings. The van der Waals surface area contributed by atoms with Crippen molar-refractivity contribution in [1.29, 1.82) is 0 Å². The van der Waals surface area contributed by atoms with Crippen LogP contribution in [0, 0.1) is 0 Å². The maximum absolute atomic E-state index is 12.5. The van der Waals surface area contributed by atoms with Crippen molar-refractivity contribution in [2.24, 2.45) is 0 Å². The zero-order chi connectivity index (χ0) is 14.5. The maximum atomic E-state index is 12.5. The summed E-state index contributed by atoms with van der Waals surface area (Å²) in [4.78, 5) is 21.1. The highest BCUT2D eigenvalue weighted by Gasteiger charge is 2.22. The Bertz CT molecular complexity index is 451. The van der Waals surface area contributed by atoms with Crippen molar-refractivity contribution < 1.29 is 4.79 Å². The topological polar surface area (TPSA) is 36.4 Å². The minimum atomic E-state index is 0.121. The summed E-state index contributed by atoms with van der Waals surface area (Å²) < 4.78 is 0. The first-order valence-electron chi connectivity index (χ1n) is 7.58. The number of carbonyl (C=O) groups excluding carboxylic acids is 1. The van der Waals surface area contributed by atoms with Gasteiger partial charge in [0.1, 0.15) is 0 Å². The first-order chi connectivity index (χ1) is 9.61. The highest BCUT2D eigenvalue weighted by atomic mass is 16.2. The molecule has 0 aromatic carbocycles. The lowest BCUT2D eigenvalue weighted by atomic mass is 10.0. The molecular formula is C16H25N3O. The van der Waals surface area contributed by atoms with Crippen molar-refractivity contribution in [2.45, 2.75) is 33.1 Å². The smallest absolute Gasteiger partial charge is 0.255 e. The molecule has 2 rings (SSSR count). The van der Waals surface area contributed by atoms with Crippen LogP contribution in [0.25, 0.3) is 0 Å². The molecule has 1 aliphatic heterocycles. The Kier molecular flexibility index (Phi) is 5.12. The Morgan fingerprint density at radius 2 is 1.95 bits per heavy atom. The van der Waals surface area contributed by atoms with E-state index in [1.165, 1.54) is 6.42 Å². The van der Waals surface area contributed by atoms with Crippen molar-refractivity contribution in [2.75, 3.05) is 32.7 Å². The third-order valence-electron chi connectivity index (χ3n) is 3.87. The number of nitrogens with zero attached hydrogens (tertiary/aromatic N) is 3. The van der Waals surface area contributed by atoms with Gasteiger partial charge < -0.3 is 4.90 Å². The largest absolute Gasteiger partial charge is 0.336 e. The summed E-state index contributed by atoms with van der Waals surface area (Å²) >= 11 is 0. The van der Waals surface area contributed by atoms with Crippen LogP contribution in [0.4, 0.5) is 0 Å². The van der Waals surface area contributed by atoms with Gasteiger partial charge in [0.05, 0.1) is 5.56 Å². The third-order valence-corrected chi connectivity index (χ3v) is 3.87. The van der Waals surface area contributed by atoms with E-state index in [2.05, 4.69) is 30.7 Å². The van der Waals surface area contributed by atoms with Crippen LogP contribution in [0.15, 0.2) is 18.5 Å². The van der Waals surface area contributed by atoms with Gasteiger partial charge in [-0.15, -0.1) is 0 Å². The number of amides is 1. The summed E-state index contributed by atoms with van der Waals surface area (Å²) in [5.41, 5.74) is 1.85. The lowest BCUT2D eigenvalue weighted by Crippen LogP contribution is -2.48. The first-order valence-corrected chi connectivity index (χ1v) is 7.58. The molecule has 1 amide bonds. The van der Waals surface area contributed by atoms with E-state index in [1.807, 2.05) is 17.2 Å². The van der Waals surface area contributed by atoms with Gasteiger partial charge in [-0.25, -0.2) is 0 Å². The number of hydrogen-bond acceptors (Lipinski definition) is 3. The van der Waals surface area contributed by atoms with E-state index < -0.39 is 0 Å². The second kappa shape index (κ2) is 6.84. The van der Waals surface area contributed by atoms with Crippen LogP contribution in [-0.4, -0.2) is 53.4 Å². The van der Waals surface area contributed by atoms with E-state index in [0.29, 0.717) is 5.92 Å². The normalized spacial score (nSPS) is 16.7. The number of rotatable bonds is 4. The molecule has 4 heteroatoms. The molecular weight excluding hydrogens is 250 g/mol. The molecule has 1 aromatic heterocycles. The quantitative estimate of drug-likeness (QED) is 0.846. The minimum absolute atomic E-state index is 0.121. The van der Waals surface area contributed by atoms with E-state index in [0.717, 1.165) is 43.9 Å². The monoisotopic (exact) mass is 275 g/mol. The molecule has 0 radical (unpaired) electrons. The Balaban J connectivity index is 2.00. The van der Waals surface area contributed by atoms with Crippen LogP contribution < -0.4 is 0 Å².